The molecule has 0 amide bonds. The maximum absolute atomic E-state index is 11.8. The van der Waals surface area contributed by atoms with Crippen LogP contribution < -0.4 is 0 Å². The number of esters is 1. The summed E-state index contributed by atoms with van der Waals surface area (Å²) in [7, 11) is 0. The molecule has 0 unspecified atom stereocenters. The predicted octanol–water partition coefficient (Wildman–Crippen LogP) is 4.27. The number of rotatable bonds is 4. The van der Waals surface area contributed by atoms with E-state index in [4.69, 9.17) is 4.74 Å². The first-order valence-corrected chi connectivity index (χ1v) is 7.43. The number of hydrogen-bond donors (Lipinski definition) is 1. The van der Waals surface area contributed by atoms with Crippen molar-refractivity contribution in [2.45, 2.75) is 60.3 Å². The third kappa shape index (κ3) is 4.48. The normalized spacial score (nSPS) is 12.3. The van der Waals surface area contributed by atoms with Gasteiger partial charge < -0.3 is 9.84 Å². The van der Waals surface area contributed by atoms with Crippen LogP contribution in [0.2, 0.25) is 0 Å². The van der Waals surface area contributed by atoms with Crippen molar-refractivity contribution in [3.8, 4) is 5.75 Å². The van der Waals surface area contributed by atoms with Gasteiger partial charge in [0.2, 0.25) is 0 Å². The first kappa shape index (κ1) is 17.5. The number of phenolic OH excluding ortho intramolecular Hbond substituents is 1. The number of aryl methyl sites for hydroxylation is 2. The van der Waals surface area contributed by atoms with Crippen molar-refractivity contribution in [1.29, 1.82) is 0 Å². The highest BCUT2D eigenvalue weighted by molar-refractivity contribution is 5.75. The van der Waals surface area contributed by atoms with Crippen LogP contribution in [-0.2, 0) is 14.9 Å². The molecule has 0 saturated carbocycles. The van der Waals surface area contributed by atoms with Crippen molar-refractivity contribution < 1.29 is 14.6 Å². The van der Waals surface area contributed by atoms with E-state index in [1.54, 1.807) is 6.07 Å². The van der Waals surface area contributed by atoms with Crippen molar-refractivity contribution in [3.63, 3.8) is 0 Å². The number of phenols is 1. The minimum atomic E-state index is -0.480. The Morgan fingerprint density at radius 2 is 1.71 bits per heavy atom. The number of ether oxygens (including phenoxy) is 1. The second-order valence-corrected chi connectivity index (χ2v) is 7.50. The maximum atomic E-state index is 11.8. The minimum absolute atomic E-state index is 0.192. The quantitative estimate of drug-likeness (QED) is 0.843. The van der Waals surface area contributed by atoms with Crippen molar-refractivity contribution in [1.82, 2.24) is 0 Å². The van der Waals surface area contributed by atoms with Crippen LogP contribution in [0.15, 0.2) is 12.1 Å². The molecule has 21 heavy (non-hydrogen) atoms. The van der Waals surface area contributed by atoms with E-state index < -0.39 is 5.41 Å². The molecule has 0 spiro atoms. The Morgan fingerprint density at radius 3 is 2.19 bits per heavy atom. The van der Waals surface area contributed by atoms with E-state index in [9.17, 15) is 9.90 Å². The number of benzene rings is 1. The van der Waals surface area contributed by atoms with Gasteiger partial charge in [0.1, 0.15) is 5.75 Å². The molecule has 1 rings (SSSR count). The first-order valence-electron chi connectivity index (χ1n) is 7.43. The van der Waals surface area contributed by atoms with Gasteiger partial charge in [-0.3, -0.25) is 4.79 Å². The zero-order valence-corrected chi connectivity index (χ0v) is 14.3. The molecular formula is C18H28O3. The molecule has 0 aliphatic rings. The molecule has 0 saturated heterocycles. The van der Waals surface area contributed by atoms with Gasteiger partial charge in [0.05, 0.1) is 12.0 Å². The Morgan fingerprint density at radius 1 is 1.14 bits per heavy atom. The summed E-state index contributed by atoms with van der Waals surface area (Å²) in [5.74, 6) is 0.128. The van der Waals surface area contributed by atoms with Gasteiger partial charge in [0.15, 0.2) is 0 Å². The molecule has 3 heteroatoms. The molecule has 3 nitrogen and oxygen atoms in total. The van der Waals surface area contributed by atoms with Crippen LogP contribution in [-0.4, -0.2) is 17.7 Å². The van der Waals surface area contributed by atoms with E-state index in [0.29, 0.717) is 18.8 Å². The average Bonchev–Trinajstić information content (AvgIpc) is 2.24. The lowest BCUT2D eigenvalue weighted by atomic mass is 9.78. The van der Waals surface area contributed by atoms with E-state index >= 15 is 0 Å². The van der Waals surface area contributed by atoms with Gasteiger partial charge in [0, 0.05) is 5.56 Å². The Balaban J connectivity index is 2.81. The highest BCUT2D eigenvalue weighted by Crippen LogP contribution is 2.37. The van der Waals surface area contributed by atoms with Crippen LogP contribution in [0.4, 0.5) is 0 Å². The summed E-state index contributed by atoms with van der Waals surface area (Å²) in [6, 6.07) is 3.85. The summed E-state index contributed by atoms with van der Waals surface area (Å²) in [6.45, 7) is 14.0. The average molecular weight is 292 g/mol. The summed E-state index contributed by atoms with van der Waals surface area (Å²) in [5.41, 5.74) is 2.31. The molecule has 1 aromatic rings. The van der Waals surface area contributed by atoms with Crippen molar-refractivity contribution >= 4 is 5.97 Å². The fraction of sp³-hybridized carbons (Fsp3) is 0.611. The topological polar surface area (TPSA) is 46.5 Å². The fourth-order valence-corrected chi connectivity index (χ4v) is 2.57. The van der Waals surface area contributed by atoms with Gasteiger partial charge in [-0.25, -0.2) is 0 Å². The van der Waals surface area contributed by atoms with Crippen LogP contribution in [0.25, 0.3) is 0 Å². The second kappa shape index (κ2) is 6.08. The molecule has 118 valence electrons. The molecule has 1 aromatic carbocycles. The third-order valence-corrected chi connectivity index (χ3v) is 3.71. The molecular weight excluding hydrogens is 264 g/mol. The van der Waals surface area contributed by atoms with Gasteiger partial charge in [-0.1, -0.05) is 19.9 Å². The van der Waals surface area contributed by atoms with Gasteiger partial charge >= 0.3 is 5.97 Å². The van der Waals surface area contributed by atoms with Gasteiger partial charge in [-0.15, -0.1) is 0 Å². The van der Waals surface area contributed by atoms with Crippen LogP contribution >= 0.6 is 0 Å². The number of hydrogen-bond acceptors (Lipinski definition) is 3. The van der Waals surface area contributed by atoms with E-state index in [1.165, 1.54) is 0 Å². The largest absolute Gasteiger partial charge is 0.508 e. The van der Waals surface area contributed by atoms with E-state index in [-0.39, 0.29) is 11.4 Å². The third-order valence-electron chi connectivity index (χ3n) is 3.71. The lowest BCUT2D eigenvalue weighted by Crippen LogP contribution is -2.27. The van der Waals surface area contributed by atoms with Gasteiger partial charge in [0.25, 0.3) is 0 Å². The molecule has 0 bridgehead atoms. The summed E-state index contributed by atoms with van der Waals surface area (Å²) in [4.78, 5) is 11.8. The zero-order chi connectivity index (χ0) is 16.4. The van der Waals surface area contributed by atoms with Crippen LogP contribution in [0.5, 0.6) is 5.75 Å². The summed E-state index contributed by atoms with van der Waals surface area (Å²) >= 11 is 0. The lowest BCUT2D eigenvalue weighted by Gasteiger charge is -2.28. The second-order valence-electron chi connectivity index (χ2n) is 7.50. The fourth-order valence-electron chi connectivity index (χ4n) is 2.57. The van der Waals surface area contributed by atoms with Crippen molar-refractivity contribution in [2.24, 2.45) is 5.41 Å². The van der Waals surface area contributed by atoms with E-state index in [1.807, 2.05) is 34.6 Å². The summed E-state index contributed by atoms with van der Waals surface area (Å²) in [6.07, 6.45) is 0.673. The SMILES string of the molecule is Cc1cc(C)c(C(C)(C)CCOC(=O)C(C)(C)C)c(O)c1. The number of carbonyl (C=O) groups is 1. The Bertz CT molecular complexity index is 499. The Kier molecular flexibility index (Phi) is 5.08. The molecule has 0 atom stereocenters. The molecule has 0 aromatic heterocycles. The van der Waals surface area contributed by atoms with Crippen LogP contribution in [0.1, 0.15) is 57.7 Å². The van der Waals surface area contributed by atoms with Gasteiger partial charge in [-0.05, 0) is 63.6 Å². The molecule has 0 fully saturated rings. The van der Waals surface area contributed by atoms with Gasteiger partial charge in [-0.2, -0.15) is 0 Å². The van der Waals surface area contributed by atoms with E-state index in [0.717, 1.165) is 16.7 Å². The zero-order valence-electron chi connectivity index (χ0n) is 14.3. The summed E-state index contributed by atoms with van der Waals surface area (Å²) < 4.78 is 5.35. The van der Waals surface area contributed by atoms with E-state index in [2.05, 4.69) is 19.9 Å². The minimum Gasteiger partial charge on any atom is -0.508 e. The van der Waals surface area contributed by atoms with Crippen LogP contribution in [0.3, 0.4) is 0 Å². The smallest absolute Gasteiger partial charge is 0.311 e. The maximum Gasteiger partial charge on any atom is 0.311 e. The molecule has 1 N–H and O–H groups in total. The number of carbonyl (C=O) groups excluding carboxylic acids is 1. The standard InChI is InChI=1S/C18H28O3/c1-12-10-13(2)15(14(19)11-12)18(6,7)8-9-21-16(20)17(3,4)5/h10-11,19H,8-9H2,1-7H3. The Labute approximate surface area is 128 Å². The molecule has 0 radical (unpaired) electrons. The number of aromatic hydroxyl groups is 1. The van der Waals surface area contributed by atoms with Crippen molar-refractivity contribution in [3.05, 3.63) is 28.8 Å². The monoisotopic (exact) mass is 292 g/mol. The summed E-state index contributed by atoms with van der Waals surface area (Å²) in [5, 5.41) is 10.2. The lowest BCUT2D eigenvalue weighted by molar-refractivity contribution is -0.153. The highest BCUT2D eigenvalue weighted by atomic mass is 16.5. The van der Waals surface area contributed by atoms with Crippen molar-refractivity contribution in [2.75, 3.05) is 6.61 Å². The predicted molar refractivity (Wildman–Crippen MR) is 85.6 cm³/mol. The highest BCUT2D eigenvalue weighted by Gasteiger charge is 2.28. The molecule has 0 aliphatic heterocycles. The Hall–Kier alpha value is -1.51. The molecule has 0 heterocycles. The molecule has 0 aliphatic carbocycles. The van der Waals surface area contributed by atoms with Crippen LogP contribution in [0, 0.1) is 19.3 Å². The first-order chi connectivity index (χ1) is 9.45.